The third-order valence-electron chi connectivity index (χ3n) is 3.08. The quantitative estimate of drug-likeness (QED) is 0.741. The minimum atomic E-state index is -1.12. The van der Waals surface area contributed by atoms with Crippen LogP contribution in [-0.4, -0.2) is 20.2 Å². The van der Waals surface area contributed by atoms with E-state index in [4.69, 9.17) is 11.6 Å². The highest BCUT2D eigenvalue weighted by Gasteiger charge is 2.24. The molecule has 1 aromatic rings. The van der Waals surface area contributed by atoms with Crippen molar-refractivity contribution in [1.29, 1.82) is 0 Å². The molecule has 0 amide bonds. The maximum absolute atomic E-state index is 6.39. The van der Waals surface area contributed by atoms with Crippen LogP contribution in [0.2, 0.25) is 30.7 Å². The molecule has 0 aliphatic heterocycles. The molecule has 0 aromatic heterocycles. The first kappa shape index (κ1) is 16.7. The fourth-order valence-corrected chi connectivity index (χ4v) is 4.40. The van der Waals surface area contributed by atoms with Gasteiger partial charge in [-0.3, -0.25) is 0 Å². The zero-order chi connectivity index (χ0) is 14.7. The highest BCUT2D eigenvalue weighted by atomic mass is 35.5. The van der Waals surface area contributed by atoms with Crippen molar-refractivity contribution >= 4 is 19.7 Å². The van der Waals surface area contributed by atoms with Gasteiger partial charge in [-0.05, 0) is 44.4 Å². The van der Waals surface area contributed by atoms with Crippen molar-refractivity contribution in [2.24, 2.45) is 0 Å². The molecule has 0 radical (unpaired) electrons. The van der Waals surface area contributed by atoms with Crippen LogP contribution in [0.5, 0.6) is 0 Å². The Labute approximate surface area is 124 Å². The summed E-state index contributed by atoms with van der Waals surface area (Å²) in [5, 5.41) is 4.54. The average molecular weight is 298 g/mol. The molecule has 0 saturated heterocycles. The smallest absolute Gasteiger partial charge is 0.0449 e. The van der Waals surface area contributed by atoms with Crippen LogP contribution in [0.3, 0.4) is 0 Å². The second kappa shape index (κ2) is 6.42. The second-order valence-corrected chi connectivity index (χ2v) is 13.6. The van der Waals surface area contributed by atoms with Gasteiger partial charge in [0.25, 0.3) is 0 Å². The van der Waals surface area contributed by atoms with Crippen LogP contribution in [0.1, 0.15) is 32.3 Å². The summed E-state index contributed by atoms with van der Waals surface area (Å²) in [6.45, 7) is 14.9. The van der Waals surface area contributed by atoms with Gasteiger partial charge in [-0.2, -0.15) is 0 Å². The van der Waals surface area contributed by atoms with Crippen LogP contribution < -0.4 is 5.32 Å². The molecule has 0 bridgehead atoms. The summed E-state index contributed by atoms with van der Waals surface area (Å²) in [6.07, 6.45) is 0. The highest BCUT2D eigenvalue weighted by molar-refractivity contribution is 6.76. The lowest BCUT2D eigenvalue weighted by atomic mass is 9.99. The van der Waals surface area contributed by atoms with E-state index in [1.54, 1.807) is 0 Å². The molecular formula is C16H28ClNSi. The lowest BCUT2D eigenvalue weighted by Crippen LogP contribution is -2.40. The number of hydrogen-bond acceptors (Lipinski definition) is 1. The van der Waals surface area contributed by atoms with Gasteiger partial charge >= 0.3 is 0 Å². The van der Waals surface area contributed by atoms with Gasteiger partial charge < -0.3 is 5.32 Å². The van der Waals surface area contributed by atoms with Crippen molar-refractivity contribution < 1.29 is 0 Å². The zero-order valence-corrected chi connectivity index (χ0v) is 14.9. The summed E-state index contributed by atoms with van der Waals surface area (Å²) in [4.78, 5) is 0. The Morgan fingerprint density at radius 2 is 1.74 bits per heavy atom. The first-order valence-corrected chi connectivity index (χ1v) is 11.2. The van der Waals surface area contributed by atoms with Gasteiger partial charge in [0.2, 0.25) is 0 Å². The fourth-order valence-electron chi connectivity index (χ4n) is 2.27. The Morgan fingerprint density at radius 1 is 1.16 bits per heavy atom. The van der Waals surface area contributed by atoms with Crippen LogP contribution in [0.15, 0.2) is 24.3 Å². The molecule has 0 saturated carbocycles. The zero-order valence-electron chi connectivity index (χ0n) is 13.2. The number of rotatable bonds is 5. The monoisotopic (exact) mass is 297 g/mol. The Hall–Kier alpha value is -0.313. The van der Waals surface area contributed by atoms with E-state index in [-0.39, 0.29) is 5.54 Å². The van der Waals surface area contributed by atoms with Crippen molar-refractivity contribution in [2.45, 2.75) is 57.9 Å². The van der Waals surface area contributed by atoms with Gasteiger partial charge in [0.05, 0.1) is 0 Å². The second-order valence-electron chi connectivity index (χ2n) is 7.61. The van der Waals surface area contributed by atoms with Crippen LogP contribution in [-0.2, 0) is 0 Å². The Balaban J connectivity index is 2.90. The summed E-state index contributed by atoms with van der Waals surface area (Å²) < 4.78 is 0. The van der Waals surface area contributed by atoms with E-state index in [0.717, 1.165) is 11.6 Å². The molecule has 0 aliphatic rings. The summed E-state index contributed by atoms with van der Waals surface area (Å²) in [5.74, 6) is 0.514. The topological polar surface area (TPSA) is 12.0 Å². The molecule has 0 heterocycles. The first-order valence-electron chi connectivity index (χ1n) is 7.08. The third kappa shape index (κ3) is 6.60. The summed E-state index contributed by atoms with van der Waals surface area (Å²) in [7, 11) is -1.12. The van der Waals surface area contributed by atoms with E-state index in [0.29, 0.717) is 5.92 Å². The molecule has 19 heavy (non-hydrogen) atoms. The summed E-state index contributed by atoms with van der Waals surface area (Å²) >= 11 is 6.39. The number of benzene rings is 1. The van der Waals surface area contributed by atoms with Crippen LogP contribution >= 0.6 is 11.6 Å². The largest absolute Gasteiger partial charge is 0.311 e. The lowest BCUT2D eigenvalue weighted by molar-refractivity contribution is 0.411. The predicted octanol–water partition coefficient (Wildman–Crippen LogP) is 5.15. The third-order valence-corrected chi connectivity index (χ3v) is 5.14. The maximum atomic E-state index is 6.39. The molecule has 1 unspecified atom stereocenters. The van der Waals surface area contributed by atoms with Gasteiger partial charge in [0.15, 0.2) is 0 Å². The van der Waals surface area contributed by atoms with E-state index < -0.39 is 8.07 Å². The summed E-state index contributed by atoms with van der Waals surface area (Å²) in [5.41, 5.74) is 1.45. The minimum Gasteiger partial charge on any atom is -0.311 e. The van der Waals surface area contributed by atoms with Gasteiger partial charge in [-0.15, -0.1) is 0 Å². The van der Waals surface area contributed by atoms with Crippen LogP contribution in [0.4, 0.5) is 0 Å². The average Bonchev–Trinajstić information content (AvgIpc) is 2.22. The highest BCUT2D eigenvalue weighted by Crippen LogP contribution is 2.31. The fraction of sp³-hybridized carbons (Fsp3) is 0.625. The summed E-state index contributed by atoms with van der Waals surface area (Å²) in [6, 6.07) is 9.55. The SMILES string of the molecule is CC(C)(C)NCC(C[Si](C)(C)C)c1ccccc1Cl. The Morgan fingerprint density at radius 3 is 2.21 bits per heavy atom. The first-order chi connectivity index (χ1) is 8.58. The van der Waals surface area contributed by atoms with E-state index >= 15 is 0 Å². The van der Waals surface area contributed by atoms with Crippen LogP contribution in [0.25, 0.3) is 0 Å². The standard InChI is InChI=1S/C16H28ClNSi/c1-16(2,3)18-11-13(12-19(4,5)6)14-9-7-8-10-15(14)17/h7-10,13,18H,11-12H2,1-6H3. The predicted molar refractivity (Wildman–Crippen MR) is 90.1 cm³/mol. The van der Waals surface area contributed by atoms with E-state index in [1.165, 1.54) is 11.6 Å². The lowest BCUT2D eigenvalue weighted by Gasteiger charge is -2.29. The van der Waals surface area contributed by atoms with Gasteiger partial charge in [-0.1, -0.05) is 49.4 Å². The molecule has 1 atom stereocenters. The van der Waals surface area contributed by atoms with Gasteiger partial charge in [-0.25, -0.2) is 0 Å². The van der Waals surface area contributed by atoms with Crippen molar-refractivity contribution in [3.05, 3.63) is 34.9 Å². The van der Waals surface area contributed by atoms with Gasteiger partial charge in [0.1, 0.15) is 0 Å². The van der Waals surface area contributed by atoms with E-state index in [1.807, 2.05) is 12.1 Å². The van der Waals surface area contributed by atoms with Crippen molar-refractivity contribution in [2.75, 3.05) is 6.54 Å². The molecule has 3 heteroatoms. The van der Waals surface area contributed by atoms with Crippen LogP contribution in [0, 0.1) is 0 Å². The molecule has 1 nitrogen and oxygen atoms in total. The number of halogens is 1. The number of nitrogens with one attached hydrogen (secondary N) is 1. The molecule has 1 rings (SSSR count). The molecule has 0 spiro atoms. The molecule has 1 aromatic carbocycles. The van der Waals surface area contributed by atoms with E-state index in [9.17, 15) is 0 Å². The van der Waals surface area contributed by atoms with Crippen molar-refractivity contribution in [1.82, 2.24) is 5.32 Å². The maximum Gasteiger partial charge on any atom is 0.0449 e. The molecule has 1 N–H and O–H groups in total. The van der Waals surface area contributed by atoms with Gasteiger partial charge in [0, 0.05) is 25.2 Å². The minimum absolute atomic E-state index is 0.152. The van der Waals surface area contributed by atoms with E-state index in [2.05, 4.69) is 57.9 Å². The Kier molecular flexibility index (Phi) is 5.66. The molecule has 108 valence electrons. The Bertz CT molecular complexity index is 404. The normalized spacial score (nSPS) is 14.5. The molecule has 0 fully saturated rings. The van der Waals surface area contributed by atoms with Crippen molar-refractivity contribution in [3.63, 3.8) is 0 Å². The number of hydrogen-bond donors (Lipinski definition) is 1. The van der Waals surface area contributed by atoms with Crippen molar-refractivity contribution in [3.8, 4) is 0 Å². The molecular weight excluding hydrogens is 270 g/mol. The molecule has 0 aliphatic carbocycles.